The molecule has 0 aliphatic carbocycles. The standard InChI is InChI=1S/C11H12N4S.C10H10N4S/c1-7-6-10(12)14-15(7)11-13-8-4-2-3-5-9(8)16-11;11-9-5-6-14(13-9)10-12-7-3-1-2-4-8(7)15-10/h2-5,7H,6H2,1H3,(H2,12,14);1-4H,5-6H2,(H2,11,13). The van der Waals surface area contributed by atoms with Crippen LogP contribution in [0.15, 0.2) is 58.7 Å². The Morgan fingerprint density at radius 1 is 0.839 bits per heavy atom. The van der Waals surface area contributed by atoms with Crippen LogP contribution in [0.4, 0.5) is 10.3 Å². The van der Waals surface area contributed by atoms with Gasteiger partial charge in [0.25, 0.3) is 0 Å². The molecule has 4 heterocycles. The summed E-state index contributed by atoms with van der Waals surface area (Å²) in [7, 11) is 0. The van der Waals surface area contributed by atoms with E-state index in [1.54, 1.807) is 22.7 Å². The molecule has 2 aliphatic rings. The minimum absolute atomic E-state index is 0.306. The monoisotopic (exact) mass is 450 g/mol. The molecule has 0 fully saturated rings. The molecule has 0 spiro atoms. The fraction of sp³-hybridized carbons (Fsp3) is 0.238. The van der Waals surface area contributed by atoms with Gasteiger partial charge in [0.15, 0.2) is 0 Å². The number of aromatic nitrogens is 2. The van der Waals surface area contributed by atoms with Crippen LogP contribution in [0.5, 0.6) is 0 Å². The Morgan fingerprint density at radius 3 is 2.00 bits per heavy atom. The van der Waals surface area contributed by atoms with Gasteiger partial charge >= 0.3 is 0 Å². The van der Waals surface area contributed by atoms with Crippen LogP contribution in [-0.4, -0.2) is 34.2 Å². The van der Waals surface area contributed by atoms with Crippen LogP contribution in [0.3, 0.4) is 0 Å². The number of para-hydroxylation sites is 2. The molecule has 1 unspecified atom stereocenters. The summed E-state index contributed by atoms with van der Waals surface area (Å²) in [6.07, 6.45) is 1.64. The van der Waals surface area contributed by atoms with E-state index in [4.69, 9.17) is 11.5 Å². The van der Waals surface area contributed by atoms with Crippen molar-refractivity contribution in [3.05, 3.63) is 48.5 Å². The van der Waals surface area contributed by atoms with Gasteiger partial charge in [-0.1, -0.05) is 46.9 Å². The van der Waals surface area contributed by atoms with Crippen LogP contribution < -0.4 is 21.5 Å². The van der Waals surface area contributed by atoms with E-state index >= 15 is 0 Å². The first-order chi connectivity index (χ1) is 15.1. The average Bonchev–Trinajstić information content (AvgIpc) is 3.53. The van der Waals surface area contributed by atoms with Crippen LogP contribution >= 0.6 is 22.7 Å². The van der Waals surface area contributed by atoms with Gasteiger partial charge in [-0.25, -0.2) is 20.0 Å². The van der Waals surface area contributed by atoms with Gasteiger partial charge in [-0.05, 0) is 31.2 Å². The van der Waals surface area contributed by atoms with E-state index in [2.05, 4.69) is 39.2 Å². The fourth-order valence-corrected chi connectivity index (χ4v) is 5.40. The van der Waals surface area contributed by atoms with E-state index in [1.807, 2.05) is 46.4 Å². The van der Waals surface area contributed by atoms with E-state index in [1.165, 1.54) is 9.40 Å². The van der Waals surface area contributed by atoms with Crippen molar-refractivity contribution in [3.8, 4) is 0 Å². The minimum atomic E-state index is 0.306. The van der Waals surface area contributed by atoms with Crippen LogP contribution in [0.2, 0.25) is 0 Å². The molecular weight excluding hydrogens is 428 g/mol. The topological polar surface area (TPSA) is 109 Å². The van der Waals surface area contributed by atoms with Crippen molar-refractivity contribution < 1.29 is 0 Å². The van der Waals surface area contributed by atoms with Crippen molar-refractivity contribution in [1.29, 1.82) is 0 Å². The smallest absolute Gasteiger partial charge is 0.207 e. The highest BCUT2D eigenvalue weighted by atomic mass is 32.1. The third-order valence-electron chi connectivity index (χ3n) is 4.97. The summed E-state index contributed by atoms with van der Waals surface area (Å²) in [5.74, 6) is 1.38. The van der Waals surface area contributed by atoms with Crippen LogP contribution in [0.25, 0.3) is 20.4 Å². The summed E-state index contributed by atoms with van der Waals surface area (Å²) in [5, 5.41) is 14.2. The number of rotatable bonds is 2. The third kappa shape index (κ3) is 4.04. The Hall–Kier alpha value is -3.24. The van der Waals surface area contributed by atoms with Crippen molar-refractivity contribution in [1.82, 2.24) is 9.97 Å². The summed E-state index contributed by atoms with van der Waals surface area (Å²) in [4.78, 5) is 9.07. The summed E-state index contributed by atoms with van der Waals surface area (Å²) in [5.41, 5.74) is 13.4. The number of nitrogens with two attached hydrogens (primary N) is 2. The number of nitrogens with zero attached hydrogens (tertiary/aromatic N) is 6. The van der Waals surface area contributed by atoms with E-state index in [0.717, 1.165) is 40.7 Å². The van der Waals surface area contributed by atoms with E-state index in [9.17, 15) is 0 Å². The first-order valence-corrected chi connectivity index (χ1v) is 11.6. The number of hydrazone groups is 2. The second-order valence-electron chi connectivity index (χ2n) is 7.38. The molecule has 2 aliphatic heterocycles. The highest BCUT2D eigenvalue weighted by Gasteiger charge is 2.24. The van der Waals surface area contributed by atoms with Gasteiger partial charge < -0.3 is 11.5 Å². The van der Waals surface area contributed by atoms with Crippen LogP contribution in [0.1, 0.15) is 19.8 Å². The molecule has 0 saturated heterocycles. The Labute approximate surface area is 187 Å². The number of anilines is 2. The van der Waals surface area contributed by atoms with Crippen LogP contribution in [-0.2, 0) is 0 Å². The summed E-state index contributed by atoms with van der Waals surface area (Å²) >= 11 is 3.30. The first-order valence-electron chi connectivity index (χ1n) is 10.0. The number of amidine groups is 2. The summed E-state index contributed by atoms with van der Waals surface area (Å²) in [6, 6.07) is 16.5. The molecule has 4 aromatic rings. The lowest BCUT2D eigenvalue weighted by molar-refractivity contribution is 0.721. The molecule has 2 aromatic heterocycles. The molecule has 158 valence electrons. The van der Waals surface area contributed by atoms with E-state index in [0.29, 0.717) is 17.7 Å². The molecular formula is C21H22N8S2. The fourth-order valence-electron chi connectivity index (χ4n) is 3.44. The maximum atomic E-state index is 5.73. The lowest BCUT2D eigenvalue weighted by Gasteiger charge is -2.15. The van der Waals surface area contributed by atoms with Crippen molar-refractivity contribution in [3.63, 3.8) is 0 Å². The molecule has 0 radical (unpaired) electrons. The lowest BCUT2D eigenvalue weighted by atomic mass is 10.2. The van der Waals surface area contributed by atoms with Crippen LogP contribution in [0, 0.1) is 0 Å². The first kappa shape index (κ1) is 19.7. The van der Waals surface area contributed by atoms with Gasteiger partial charge in [-0.2, -0.15) is 10.2 Å². The summed E-state index contributed by atoms with van der Waals surface area (Å²) in [6.45, 7) is 2.95. The zero-order valence-corrected chi connectivity index (χ0v) is 18.6. The maximum Gasteiger partial charge on any atom is 0.207 e. The number of thiazole rings is 2. The zero-order valence-electron chi connectivity index (χ0n) is 17.0. The molecule has 6 rings (SSSR count). The quantitative estimate of drug-likeness (QED) is 0.479. The SMILES string of the molecule is CC1CC(N)=NN1c1nc2ccccc2s1.NC1=NN(c2nc3ccccc3s2)CC1. The molecule has 4 N–H and O–H groups in total. The number of benzene rings is 2. The molecule has 1 atom stereocenters. The number of hydrogen-bond donors (Lipinski definition) is 2. The Kier molecular flexibility index (Phi) is 5.16. The van der Waals surface area contributed by atoms with Crippen molar-refractivity contribution in [2.45, 2.75) is 25.8 Å². The van der Waals surface area contributed by atoms with Gasteiger partial charge in [0.05, 0.1) is 33.0 Å². The minimum Gasteiger partial charge on any atom is -0.386 e. The average molecular weight is 451 g/mol. The highest BCUT2D eigenvalue weighted by Crippen LogP contribution is 2.32. The Morgan fingerprint density at radius 2 is 1.45 bits per heavy atom. The molecule has 31 heavy (non-hydrogen) atoms. The summed E-state index contributed by atoms with van der Waals surface area (Å²) < 4.78 is 2.37. The maximum absolute atomic E-state index is 5.73. The third-order valence-corrected chi connectivity index (χ3v) is 7.04. The predicted octanol–water partition coefficient (Wildman–Crippen LogP) is 3.95. The zero-order chi connectivity index (χ0) is 21.4. The van der Waals surface area contributed by atoms with Gasteiger partial charge in [0.2, 0.25) is 10.3 Å². The lowest BCUT2D eigenvalue weighted by Crippen LogP contribution is -2.22. The normalized spacial score (nSPS) is 18.3. The molecule has 10 heteroatoms. The van der Waals surface area contributed by atoms with Crippen molar-refractivity contribution in [2.24, 2.45) is 21.7 Å². The second-order valence-corrected chi connectivity index (χ2v) is 9.40. The molecule has 8 nitrogen and oxygen atoms in total. The highest BCUT2D eigenvalue weighted by molar-refractivity contribution is 7.22. The van der Waals surface area contributed by atoms with Crippen molar-refractivity contribution >= 4 is 65.0 Å². The van der Waals surface area contributed by atoms with Gasteiger partial charge in [-0.3, -0.25) is 0 Å². The van der Waals surface area contributed by atoms with E-state index in [-0.39, 0.29) is 0 Å². The Balaban J connectivity index is 0.000000132. The molecule has 0 saturated carbocycles. The molecule has 2 aromatic carbocycles. The number of hydrogen-bond acceptors (Lipinski definition) is 10. The van der Waals surface area contributed by atoms with E-state index < -0.39 is 0 Å². The second kappa shape index (κ2) is 8.12. The van der Waals surface area contributed by atoms with Gasteiger partial charge in [-0.15, -0.1) is 0 Å². The predicted molar refractivity (Wildman–Crippen MR) is 131 cm³/mol. The molecule has 0 amide bonds. The Bertz CT molecular complexity index is 1220. The largest absolute Gasteiger partial charge is 0.386 e. The molecule has 0 bridgehead atoms. The van der Waals surface area contributed by atoms with Gasteiger partial charge in [0.1, 0.15) is 11.7 Å². The number of fused-ring (bicyclic) bond motifs is 2. The van der Waals surface area contributed by atoms with Gasteiger partial charge in [0, 0.05) is 12.8 Å². The van der Waals surface area contributed by atoms with Crippen molar-refractivity contribution in [2.75, 3.05) is 16.6 Å².